The number of aliphatic hydroxyl groups is 12. The van der Waals surface area contributed by atoms with Crippen LogP contribution in [0.15, 0.2) is 0 Å². The summed E-state index contributed by atoms with van der Waals surface area (Å²) >= 11 is 0. The lowest BCUT2D eigenvalue weighted by Gasteiger charge is -2.51. The van der Waals surface area contributed by atoms with E-state index in [1.54, 1.807) is 0 Å². The highest BCUT2D eigenvalue weighted by Crippen LogP contribution is 2.35. The van der Waals surface area contributed by atoms with Crippen molar-refractivity contribution < 1.29 is 104 Å². The van der Waals surface area contributed by atoms with Gasteiger partial charge in [-0.15, -0.1) is 0 Å². The summed E-state index contributed by atoms with van der Waals surface area (Å²) < 4.78 is 39.9. The van der Waals surface area contributed by atoms with Crippen LogP contribution in [-0.4, -0.2) is 222 Å². The lowest BCUT2D eigenvalue weighted by Crippen LogP contribution is -2.70. The molecule has 20 atom stereocenters. The quantitative estimate of drug-likeness (QED) is 0.0881. The van der Waals surface area contributed by atoms with Crippen LogP contribution in [-0.2, 0) is 42.7 Å². The highest BCUT2D eigenvalue weighted by atomic mass is 16.8. The summed E-state index contributed by atoms with van der Waals surface area (Å²) in [7, 11) is 0. The predicted molar refractivity (Wildman–Crippen MR) is 157 cm³/mol. The Morgan fingerprint density at radius 2 is 0.863 bits per heavy atom. The van der Waals surface area contributed by atoms with Gasteiger partial charge in [0.1, 0.15) is 97.5 Å². The third-order valence-corrected chi connectivity index (χ3v) is 9.01. The van der Waals surface area contributed by atoms with E-state index in [1.807, 2.05) is 0 Å². The number of rotatable bonds is 12. The lowest BCUT2D eigenvalue weighted by molar-refractivity contribution is -0.389. The van der Waals surface area contributed by atoms with E-state index >= 15 is 0 Å². The third-order valence-electron chi connectivity index (χ3n) is 9.01. The molecule has 23 nitrogen and oxygen atoms in total. The summed E-state index contributed by atoms with van der Waals surface area (Å²) in [5.41, 5.74) is 0. The standard InChI is InChI=1S/C28H48N2O21/c1-7(35)29-13-17(39)15(37)9(3-31)46-26(13)50-23-12(6-34)48-28(49-22-11(5-33)45-25(44)20(42)19(22)41)21(43)24(23)51-27-14(30-8(2)36)18(40)16(38)10(4-32)47-27/h9-28,31-34,37-44H,3-6H2,1-2H3,(H,29,35)(H,30,36)/t9-,10-,11-,12-,13-,14-,15+,16+,17-,18-,19-,20-,21-,22-,23+,24-,25-,26+,27+,28+/m1/s1. The highest BCUT2D eigenvalue weighted by molar-refractivity contribution is 5.73. The van der Waals surface area contributed by atoms with Crippen LogP contribution < -0.4 is 10.6 Å². The van der Waals surface area contributed by atoms with E-state index in [1.165, 1.54) is 0 Å². The van der Waals surface area contributed by atoms with Gasteiger partial charge in [-0.3, -0.25) is 9.59 Å². The number of carbonyl (C=O) groups is 2. The fourth-order valence-electron chi connectivity index (χ4n) is 6.35. The Morgan fingerprint density at radius 3 is 1.29 bits per heavy atom. The van der Waals surface area contributed by atoms with E-state index < -0.39 is 161 Å². The average Bonchev–Trinajstić information content (AvgIpc) is 3.09. The zero-order chi connectivity index (χ0) is 37.9. The summed E-state index contributed by atoms with van der Waals surface area (Å²) in [5, 5.41) is 130. The molecule has 0 aromatic rings. The Kier molecular flexibility index (Phi) is 14.8. The number of amides is 2. The second-order valence-electron chi connectivity index (χ2n) is 12.6. The molecule has 4 saturated heterocycles. The Labute approximate surface area is 289 Å². The molecule has 0 saturated carbocycles. The van der Waals surface area contributed by atoms with Gasteiger partial charge in [-0.05, 0) is 0 Å². The summed E-state index contributed by atoms with van der Waals surface area (Å²) in [6.45, 7) is -1.41. The lowest BCUT2D eigenvalue weighted by atomic mass is 9.94. The molecule has 4 aliphatic heterocycles. The van der Waals surface area contributed by atoms with Crippen molar-refractivity contribution in [1.29, 1.82) is 0 Å². The zero-order valence-corrected chi connectivity index (χ0v) is 27.4. The van der Waals surface area contributed by atoms with Crippen molar-refractivity contribution in [1.82, 2.24) is 10.6 Å². The van der Waals surface area contributed by atoms with E-state index in [0.29, 0.717) is 0 Å². The van der Waals surface area contributed by atoms with E-state index in [-0.39, 0.29) is 0 Å². The van der Waals surface area contributed by atoms with Crippen LogP contribution >= 0.6 is 0 Å². The maximum Gasteiger partial charge on any atom is 0.217 e. The summed E-state index contributed by atoms with van der Waals surface area (Å²) in [4.78, 5) is 24.1. The first-order chi connectivity index (χ1) is 24.1. The van der Waals surface area contributed by atoms with E-state index in [0.717, 1.165) is 13.8 Å². The Bertz CT molecular complexity index is 1140. The molecule has 0 aliphatic carbocycles. The van der Waals surface area contributed by atoms with Gasteiger partial charge in [0.05, 0.1) is 26.4 Å². The smallest absolute Gasteiger partial charge is 0.217 e. The molecule has 14 N–H and O–H groups in total. The number of aliphatic hydroxyl groups excluding tert-OH is 12. The normalized spacial score (nSPS) is 47.8. The molecule has 4 rings (SSSR count). The minimum absolute atomic E-state index is 0.721. The first-order valence-corrected chi connectivity index (χ1v) is 16.1. The number of hydrogen-bond acceptors (Lipinski definition) is 21. The largest absolute Gasteiger partial charge is 0.394 e. The number of ether oxygens (including phenoxy) is 7. The summed E-state index contributed by atoms with van der Waals surface area (Å²) in [5.74, 6) is -1.46. The molecule has 2 amide bonds. The van der Waals surface area contributed by atoms with Gasteiger partial charge in [-0.1, -0.05) is 0 Å². The van der Waals surface area contributed by atoms with E-state index in [4.69, 9.17) is 33.2 Å². The average molecular weight is 749 g/mol. The molecular weight excluding hydrogens is 700 g/mol. The molecule has 23 heteroatoms. The van der Waals surface area contributed by atoms with Crippen LogP contribution in [0.4, 0.5) is 0 Å². The van der Waals surface area contributed by atoms with Crippen molar-refractivity contribution in [2.75, 3.05) is 26.4 Å². The van der Waals surface area contributed by atoms with Gasteiger partial charge in [0, 0.05) is 13.8 Å². The maximum atomic E-state index is 12.1. The van der Waals surface area contributed by atoms with E-state index in [2.05, 4.69) is 10.6 Å². The second-order valence-corrected chi connectivity index (χ2v) is 12.6. The SMILES string of the molecule is CC(=O)N[C@H]1[C@H](O[C@@H]2[C@@H](O)[C@H](O[C@H]3[C@H](O)[C@@H](O)[C@H](O)O[C@@H]3CO)O[C@H](CO)[C@@H]2O[C@@H]2O[C@H](CO)[C@H](O)[C@H](O)[C@H]2NC(C)=O)O[C@H](CO)[C@H](O)[C@@H]1O. The second kappa shape index (κ2) is 18.0. The fourth-order valence-corrected chi connectivity index (χ4v) is 6.35. The molecule has 4 fully saturated rings. The van der Waals surface area contributed by atoms with Crippen molar-refractivity contribution in [2.24, 2.45) is 0 Å². The fraction of sp³-hybridized carbons (Fsp3) is 0.929. The van der Waals surface area contributed by atoms with Crippen LogP contribution in [0.3, 0.4) is 0 Å². The van der Waals surface area contributed by atoms with Crippen LogP contribution in [0, 0.1) is 0 Å². The van der Waals surface area contributed by atoms with Crippen molar-refractivity contribution in [3.63, 3.8) is 0 Å². The van der Waals surface area contributed by atoms with Crippen LogP contribution in [0.1, 0.15) is 13.8 Å². The Morgan fingerprint density at radius 1 is 0.471 bits per heavy atom. The Hall–Kier alpha value is -1.82. The highest BCUT2D eigenvalue weighted by Gasteiger charge is 2.56. The van der Waals surface area contributed by atoms with Gasteiger partial charge in [0.2, 0.25) is 11.8 Å². The van der Waals surface area contributed by atoms with Crippen molar-refractivity contribution in [3.05, 3.63) is 0 Å². The first-order valence-electron chi connectivity index (χ1n) is 16.1. The molecule has 0 aromatic carbocycles. The number of hydrogen-bond donors (Lipinski definition) is 14. The molecule has 0 bridgehead atoms. The van der Waals surface area contributed by atoms with Gasteiger partial charge in [-0.2, -0.15) is 0 Å². The third kappa shape index (κ3) is 9.11. The molecular formula is C28H48N2O21. The molecule has 51 heavy (non-hydrogen) atoms. The topological polar surface area (TPSA) is 366 Å². The molecule has 296 valence electrons. The maximum absolute atomic E-state index is 12.1. The zero-order valence-electron chi connectivity index (χ0n) is 27.4. The Balaban J connectivity index is 1.74. The van der Waals surface area contributed by atoms with Crippen LogP contribution in [0.5, 0.6) is 0 Å². The first kappa shape index (κ1) is 41.9. The van der Waals surface area contributed by atoms with Gasteiger partial charge in [0.25, 0.3) is 0 Å². The minimum atomic E-state index is -2.11. The predicted octanol–water partition coefficient (Wildman–Crippen LogP) is -9.46. The molecule has 0 spiro atoms. The van der Waals surface area contributed by atoms with Crippen LogP contribution in [0.25, 0.3) is 0 Å². The molecule has 4 heterocycles. The van der Waals surface area contributed by atoms with Gasteiger partial charge < -0.3 is 105 Å². The van der Waals surface area contributed by atoms with Crippen LogP contribution in [0.2, 0.25) is 0 Å². The van der Waals surface area contributed by atoms with Crippen molar-refractivity contribution in [3.8, 4) is 0 Å². The molecule has 4 aliphatic rings. The number of carbonyl (C=O) groups excluding carboxylic acids is 2. The molecule has 0 unspecified atom stereocenters. The molecule has 0 radical (unpaired) electrons. The van der Waals surface area contributed by atoms with Gasteiger partial charge in [-0.25, -0.2) is 0 Å². The van der Waals surface area contributed by atoms with E-state index in [9.17, 15) is 70.9 Å². The van der Waals surface area contributed by atoms with Gasteiger partial charge >= 0.3 is 0 Å². The van der Waals surface area contributed by atoms with Crippen molar-refractivity contribution >= 4 is 11.8 Å². The summed E-state index contributed by atoms with van der Waals surface area (Å²) in [6.07, 6.45) is -32.1. The van der Waals surface area contributed by atoms with Crippen molar-refractivity contribution in [2.45, 2.75) is 137 Å². The molecule has 0 aromatic heterocycles. The monoisotopic (exact) mass is 748 g/mol. The minimum Gasteiger partial charge on any atom is -0.394 e. The van der Waals surface area contributed by atoms with Gasteiger partial charge in [0.15, 0.2) is 25.2 Å². The number of nitrogens with one attached hydrogen (secondary N) is 2. The summed E-state index contributed by atoms with van der Waals surface area (Å²) in [6, 6.07) is -3.13.